The largest absolute Gasteiger partial charge is 0.497 e. The first-order valence-electron chi connectivity index (χ1n) is 11.6. The number of ether oxygens (including phenoxy) is 1. The third kappa shape index (κ3) is 7.27. The molecule has 178 valence electrons. The van der Waals surface area contributed by atoms with Crippen LogP contribution in [0.1, 0.15) is 35.4 Å². The van der Waals surface area contributed by atoms with Crippen molar-refractivity contribution < 1.29 is 14.3 Å². The van der Waals surface area contributed by atoms with Crippen LogP contribution in [0.5, 0.6) is 5.75 Å². The smallest absolute Gasteiger partial charge is 0.243 e. The Morgan fingerprint density at radius 2 is 1.44 bits per heavy atom. The van der Waals surface area contributed by atoms with Gasteiger partial charge >= 0.3 is 0 Å². The second kappa shape index (κ2) is 13.3. The molecule has 0 fully saturated rings. The zero-order valence-electron chi connectivity index (χ0n) is 19.6. The molecule has 6 heteroatoms. The van der Waals surface area contributed by atoms with Crippen molar-refractivity contribution in [3.8, 4) is 5.75 Å². The molecule has 1 atom stereocenters. The quantitative estimate of drug-likeness (QED) is 0.386. The number of imide groups is 1. The van der Waals surface area contributed by atoms with E-state index in [-0.39, 0.29) is 11.8 Å². The van der Waals surface area contributed by atoms with Gasteiger partial charge in [-0.3, -0.25) is 14.9 Å². The fraction of sp³-hybridized carbons (Fsp3) is 0.286. The summed E-state index contributed by atoms with van der Waals surface area (Å²) in [5.41, 5.74) is 8.50. The highest BCUT2D eigenvalue weighted by Crippen LogP contribution is 2.24. The molecular weight excluding hydrogens is 426 g/mol. The molecule has 0 heterocycles. The topological polar surface area (TPSA) is 93.4 Å². The molecule has 3 rings (SSSR count). The van der Waals surface area contributed by atoms with Gasteiger partial charge in [0.05, 0.1) is 19.1 Å². The predicted molar refractivity (Wildman–Crippen MR) is 135 cm³/mol. The van der Waals surface area contributed by atoms with Crippen molar-refractivity contribution in [1.82, 2.24) is 10.6 Å². The summed E-state index contributed by atoms with van der Waals surface area (Å²) in [7, 11) is 1.64. The van der Waals surface area contributed by atoms with E-state index in [1.165, 1.54) is 0 Å². The summed E-state index contributed by atoms with van der Waals surface area (Å²) in [4.78, 5) is 26.4. The minimum absolute atomic E-state index is 0.329. The minimum atomic E-state index is -0.569. The highest BCUT2D eigenvalue weighted by Gasteiger charge is 2.27. The molecule has 0 saturated carbocycles. The summed E-state index contributed by atoms with van der Waals surface area (Å²) < 4.78 is 5.20. The van der Waals surface area contributed by atoms with E-state index < -0.39 is 12.0 Å². The Bertz CT molecular complexity index is 984. The molecule has 3 aromatic rings. The van der Waals surface area contributed by atoms with E-state index >= 15 is 0 Å². The van der Waals surface area contributed by atoms with Crippen LogP contribution >= 0.6 is 0 Å². The molecule has 6 nitrogen and oxygen atoms in total. The van der Waals surface area contributed by atoms with Gasteiger partial charge in [-0.25, -0.2) is 0 Å². The number of carbonyl (C=O) groups is 2. The Labute approximate surface area is 201 Å². The van der Waals surface area contributed by atoms with Crippen molar-refractivity contribution in [2.75, 3.05) is 20.2 Å². The number of carbonyl (C=O) groups excluding carboxylic acids is 2. The monoisotopic (exact) mass is 459 g/mol. The summed E-state index contributed by atoms with van der Waals surface area (Å²) in [6.07, 6.45) is 1.99. The number of nitrogens with one attached hydrogen (secondary N) is 2. The van der Waals surface area contributed by atoms with E-state index in [9.17, 15) is 9.59 Å². The normalized spacial score (nSPS) is 11.7. The number of nitrogens with two attached hydrogens (primary N) is 1. The molecular formula is C28H33N3O3. The zero-order chi connectivity index (χ0) is 24.2. The Balaban J connectivity index is 1.66. The lowest BCUT2D eigenvalue weighted by molar-refractivity contribution is -0.132. The first-order valence-corrected chi connectivity index (χ1v) is 11.6. The molecule has 3 aromatic carbocycles. The summed E-state index contributed by atoms with van der Waals surface area (Å²) >= 11 is 0. The van der Waals surface area contributed by atoms with Crippen LogP contribution < -0.4 is 21.1 Å². The molecule has 0 radical (unpaired) electrons. The Kier molecular flexibility index (Phi) is 9.82. The molecule has 0 aromatic heterocycles. The number of methoxy groups -OCH3 is 1. The fourth-order valence-electron chi connectivity index (χ4n) is 3.90. The fourth-order valence-corrected chi connectivity index (χ4v) is 3.90. The van der Waals surface area contributed by atoms with Crippen LogP contribution in [0.15, 0.2) is 84.9 Å². The van der Waals surface area contributed by atoms with Crippen LogP contribution in [-0.2, 0) is 16.0 Å². The third-order valence-corrected chi connectivity index (χ3v) is 5.75. The molecule has 2 amide bonds. The first kappa shape index (κ1) is 25.1. The van der Waals surface area contributed by atoms with Gasteiger partial charge in [0.2, 0.25) is 11.8 Å². The van der Waals surface area contributed by atoms with Crippen molar-refractivity contribution in [2.24, 2.45) is 5.73 Å². The Hall–Kier alpha value is -3.48. The van der Waals surface area contributed by atoms with E-state index in [4.69, 9.17) is 10.5 Å². The molecule has 0 aliphatic rings. The lowest BCUT2D eigenvalue weighted by Crippen LogP contribution is -2.48. The van der Waals surface area contributed by atoms with E-state index in [2.05, 4.69) is 10.6 Å². The standard InChI is InChI=1S/C28H33N3O3/c1-34-24-16-14-21(15-17-24)18-20-30-25(13-8-19-29)27(32)31-28(33)26(22-9-4-2-5-10-22)23-11-6-3-7-12-23/h2-7,9-12,14-17,25-26,30H,8,13,18-20,29H2,1H3,(H,31,32,33)/t25-/m1/s1. The van der Waals surface area contributed by atoms with Gasteiger partial charge in [0.1, 0.15) is 5.75 Å². The number of rotatable bonds is 12. The summed E-state index contributed by atoms with van der Waals surface area (Å²) in [5, 5.41) is 5.96. The average molecular weight is 460 g/mol. The molecule has 0 unspecified atom stereocenters. The zero-order valence-corrected chi connectivity index (χ0v) is 19.6. The molecule has 0 spiro atoms. The second-order valence-corrected chi connectivity index (χ2v) is 8.14. The van der Waals surface area contributed by atoms with Gasteiger partial charge in [-0.05, 0) is 61.2 Å². The highest BCUT2D eigenvalue weighted by molar-refractivity contribution is 6.01. The minimum Gasteiger partial charge on any atom is -0.497 e. The summed E-state index contributed by atoms with van der Waals surface area (Å²) in [6.45, 7) is 1.08. The third-order valence-electron chi connectivity index (χ3n) is 5.75. The van der Waals surface area contributed by atoms with Gasteiger partial charge in [-0.15, -0.1) is 0 Å². The van der Waals surface area contributed by atoms with Crippen LogP contribution in [0.2, 0.25) is 0 Å². The highest BCUT2D eigenvalue weighted by atomic mass is 16.5. The number of amides is 2. The van der Waals surface area contributed by atoms with E-state index in [1.807, 2.05) is 84.9 Å². The van der Waals surface area contributed by atoms with Crippen molar-refractivity contribution in [3.63, 3.8) is 0 Å². The lowest BCUT2D eigenvalue weighted by atomic mass is 9.90. The molecule has 0 aliphatic carbocycles. The van der Waals surface area contributed by atoms with Gasteiger partial charge in [0, 0.05) is 0 Å². The van der Waals surface area contributed by atoms with Crippen molar-refractivity contribution in [2.45, 2.75) is 31.2 Å². The Morgan fingerprint density at radius 3 is 1.97 bits per heavy atom. The van der Waals surface area contributed by atoms with Crippen LogP contribution in [0.25, 0.3) is 0 Å². The number of hydrogen-bond acceptors (Lipinski definition) is 5. The molecule has 0 bridgehead atoms. The lowest BCUT2D eigenvalue weighted by Gasteiger charge is -2.21. The van der Waals surface area contributed by atoms with Gasteiger partial charge in [0.15, 0.2) is 0 Å². The van der Waals surface area contributed by atoms with Crippen LogP contribution in [-0.4, -0.2) is 38.1 Å². The molecule has 4 N–H and O–H groups in total. The maximum Gasteiger partial charge on any atom is 0.243 e. The van der Waals surface area contributed by atoms with Crippen molar-refractivity contribution in [1.29, 1.82) is 0 Å². The maximum atomic E-state index is 13.3. The van der Waals surface area contributed by atoms with Crippen LogP contribution in [0, 0.1) is 0 Å². The molecule has 34 heavy (non-hydrogen) atoms. The molecule has 0 saturated heterocycles. The van der Waals surface area contributed by atoms with Crippen molar-refractivity contribution >= 4 is 11.8 Å². The van der Waals surface area contributed by atoms with E-state index in [0.717, 1.165) is 28.9 Å². The van der Waals surface area contributed by atoms with Gasteiger partial charge in [-0.2, -0.15) is 0 Å². The van der Waals surface area contributed by atoms with Crippen LogP contribution in [0.4, 0.5) is 0 Å². The molecule has 0 aliphatic heterocycles. The summed E-state index contributed by atoms with van der Waals surface area (Å²) in [5.74, 6) is -0.426. The van der Waals surface area contributed by atoms with Crippen molar-refractivity contribution in [3.05, 3.63) is 102 Å². The van der Waals surface area contributed by atoms with Gasteiger partial charge < -0.3 is 15.8 Å². The average Bonchev–Trinajstić information content (AvgIpc) is 2.88. The SMILES string of the molecule is COc1ccc(CCN[C@H](CCCN)C(=O)NC(=O)C(c2ccccc2)c2ccccc2)cc1. The number of benzene rings is 3. The van der Waals surface area contributed by atoms with Crippen LogP contribution in [0.3, 0.4) is 0 Å². The Morgan fingerprint density at radius 1 is 0.853 bits per heavy atom. The first-order chi connectivity index (χ1) is 16.6. The van der Waals surface area contributed by atoms with Gasteiger partial charge in [-0.1, -0.05) is 72.8 Å². The second-order valence-electron chi connectivity index (χ2n) is 8.14. The number of hydrogen-bond donors (Lipinski definition) is 3. The predicted octanol–water partition coefficient (Wildman–Crippen LogP) is 3.41. The van der Waals surface area contributed by atoms with E-state index in [1.54, 1.807) is 7.11 Å². The summed E-state index contributed by atoms with van der Waals surface area (Å²) in [6, 6.07) is 26.3. The van der Waals surface area contributed by atoms with Gasteiger partial charge in [0.25, 0.3) is 0 Å². The maximum absolute atomic E-state index is 13.3. The van der Waals surface area contributed by atoms with E-state index in [0.29, 0.717) is 25.9 Å².